The number of carbonyl (C=O) groups is 1. The number of ketones is 1. The van der Waals surface area contributed by atoms with Gasteiger partial charge in [0.2, 0.25) is 5.78 Å². The van der Waals surface area contributed by atoms with Crippen molar-refractivity contribution in [2.24, 2.45) is 5.73 Å². The molecule has 0 aliphatic rings. The Morgan fingerprint density at radius 3 is 2.71 bits per heavy atom. The molecule has 0 atom stereocenters. The highest BCUT2D eigenvalue weighted by Gasteiger charge is 2.11. The van der Waals surface area contributed by atoms with Gasteiger partial charge in [0.25, 0.3) is 0 Å². The Morgan fingerprint density at radius 2 is 2.06 bits per heavy atom. The van der Waals surface area contributed by atoms with Crippen molar-refractivity contribution in [2.45, 2.75) is 13.5 Å². The number of benzene rings is 1. The Hall–Kier alpha value is -1.94. The van der Waals surface area contributed by atoms with Crippen molar-refractivity contribution in [2.75, 3.05) is 6.54 Å². The smallest absolute Gasteiger partial charge is 0.212 e. The number of rotatable bonds is 4. The first kappa shape index (κ1) is 11.5. The second-order valence-corrected chi connectivity index (χ2v) is 3.98. The summed E-state index contributed by atoms with van der Waals surface area (Å²) in [7, 11) is 0. The highest BCUT2D eigenvalue weighted by Crippen LogP contribution is 2.09. The second-order valence-electron chi connectivity index (χ2n) is 3.98. The zero-order valence-corrected chi connectivity index (χ0v) is 9.76. The minimum atomic E-state index is -0.0548. The molecule has 0 spiro atoms. The molecule has 0 unspecified atom stereocenters. The lowest BCUT2D eigenvalue weighted by molar-refractivity contribution is 0.103. The number of hydrogen-bond donors (Lipinski definition) is 1. The van der Waals surface area contributed by atoms with Crippen LogP contribution in [0.4, 0.5) is 0 Å². The van der Waals surface area contributed by atoms with Crippen LogP contribution in [0.1, 0.15) is 21.6 Å². The SMILES string of the molecule is Cc1ccc(C(=O)c2cn(CCN)cn2)cc1. The molecule has 2 N–H and O–H groups in total. The summed E-state index contributed by atoms with van der Waals surface area (Å²) in [5.41, 5.74) is 7.70. The summed E-state index contributed by atoms with van der Waals surface area (Å²) in [4.78, 5) is 16.2. The average molecular weight is 229 g/mol. The number of nitrogens with two attached hydrogens (primary N) is 1. The molecule has 17 heavy (non-hydrogen) atoms. The Bertz CT molecular complexity index is 514. The van der Waals surface area contributed by atoms with Crippen LogP contribution in [0, 0.1) is 6.92 Å². The van der Waals surface area contributed by atoms with Crippen molar-refractivity contribution in [3.05, 3.63) is 53.6 Å². The highest BCUT2D eigenvalue weighted by atomic mass is 16.1. The quantitative estimate of drug-likeness (QED) is 0.806. The van der Waals surface area contributed by atoms with Gasteiger partial charge in [-0.3, -0.25) is 4.79 Å². The third-order valence-electron chi connectivity index (χ3n) is 2.57. The fourth-order valence-corrected chi connectivity index (χ4v) is 1.60. The molecule has 0 aliphatic heterocycles. The van der Waals surface area contributed by atoms with Gasteiger partial charge >= 0.3 is 0 Å². The first-order valence-corrected chi connectivity index (χ1v) is 5.54. The normalized spacial score (nSPS) is 10.5. The van der Waals surface area contributed by atoms with E-state index in [0.29, 0.717) is 24.3 Å². The maximum absolute atomic E-state index is 12.1. The molecule has 2 aromatic rings. The van der Waals surface area contributed by atoms with Gasteiger partial charge in [0.1, 0.15) is 5.69 Å². The van der Waals surface area contributed by atoms with Crippen molar-refractivity contribution in [3.63, 3.8) is 0 Å². The van der Waals surface area contributed by atoms with E-state index in [1.807, 2.05) is 35.8 Å². The molecule has 0 amide bonds. The lowest BCUT2D eigenvalue weighted by Crippen LogP contribution is -2.08. The highest BCUT2D eigenvalue weighted by molar-refractivity contribution is 6.07. The molecular formula is C13H15N3O. The molecule has 0 saturated carbocycles. The predicted octanol–water partition coefficient (Wildman–Crippen LogP) is 1.38. The number of aromatic nitrogens is 2. The van der Waals surface area contributed by atoms with Crippen molar-refractivity contribution < 1.29 is 4.79 Å². The first-order valence-electron chi connectivity index (χ1n) is 5.54. The summed E-state index contributed by atoms with van der Waals surface area (Å²) in [6.07, 6.45) is 3.36. The zero-order chi connectivity index (χ0) is 12.3. The van der Waals surface area contributed by atoms with Gasteiger partial charge in [-0.25, -0.2) is 4.98 Å². The third-order valence-corrected chi connectivity index (χ3v) is 2.57. The van der Waals surface area contributed by atoms with Gasteiger partial charge in [-0.05, 0) is 6.92 Å². The molecular weight excluding hydrogens is 214 g/mol. The summed E-state index contributed by atoms with van der Waals surface area (Å²) >= 11 is 0. The molecule has 0 saturated heterocycles. The van der Waals surface area contributed by atoms with Crippen molar-refractivity contribution in [1.82, 2.24) is 9.55 Å². The predicted molar refractivity (Wildman–Crippen MR) is 65.9 cm³/mol. The van der Waals surface area contributed by atoms with E-state index in [2.05, 4.69) is 4.98 Å². The Labute approximate surface area is 100 Å². The van der Waals surface area contributed by atoms with Gasteiger partial charge in [-0.15, -0.1) is 0 Å². The molecule has 2 rings (SSSR count). The van der Waals surface area contributed by atoms with Gasteiger partial charge in [0.05, 0.1) is 6.33 Å². The van der Waals surface area contributed by atoms with Crippen LogP contribution in [0.3, 0.4) is 0 Å². The van der Waals surface area contributed by atoms with Crippen LogP contribution < -0.4 is 5.73 Å². The minimum absolute atomic E-state index is 0.0548. The first-order chi connectivity index (χ1) is 8.20. The van der Waals surface area contributed by atoms with Crippen molar-refractivity contribution in [1.29, 1.82) is 0 Å². The number of nitrogens with zero attached hydrogens (tertiary/aromatic N) is 2. The summed E-state index contributed by atoms with van der Waals surface area (Å²) in [5.74, 6) is -0.0548. The second kappa shape index (κ2) is 4.93. The maximum atomic E-state index is 12.1. The van der Waals surface area contributed by atoms with E-state index in [4.69, 9.17) is 5.73 Å². The lowest BCUT2D eigenvalue weighted by Gasteiger charge is -1.98. The van der Waals surface area contributed by atoms with Crippen LogP contribution >= 0.6 is 0 Å². The molecule has 0 bridgehead atoms. The summed E-state index contributed by atoms with van der Waals surface area (Å²) in [6, 6.07) is 7.48. The monoisotopic (exact) mass is 229 g/mol. The molecule has 0 radical (unpaired) electrons. The molecule has 4 nitrogen and oxygen atoms in total. The molecule has 0 fully saturated rings. The fraction of sp³-hybridized carbons (Fsp3) is 0.231. The van der Waals surface area contributed by atoms with E-state index < -0.39 is 0 Å². The van der Waals surface area contributed by atoms with Gasteiger partial charge < -0.3 is 10.3 Å². The van der Waals surface area contributed by atoms with E-state index in [0.717, 1.165) is 5.56 Å². The van der Waals surface area contributed by atoms with Crippen LogP contribution in [-0.4, -0.2) is 21.9 Å². The van der Waals surface area contributed by atoms with Crippen LogP contribution in [-0.2, 0) is 6.54 Å². The van der Waals surface area contributed by atoms with Crippen LogP contribution in [0.2, 0.25) is 0 Å². The lowest BCUT2D eigenvalue weighted by atomic mass is 10.1. The Kier molecular flexibility index (Phi) is 3.35. The molecule has 1 aromatic carbocycles. The third kappa shape index (κ3) is 2.60. The average Bonchev–Trinajstić information content (AvgIpc) is 2.78. The van der Waals surface area contributed by atoms with E-state index in [-0.39, 0.29) is 5.78 Å². The number of imidazole rings is 1. The molecule has 0 aliphatic carbocycles. The van der Waals surface area contributed by atoms with E-state index in [1.165, 1.54) is 0 Å². The van der Waals surface area contributed by atoms with E-state index in [9.17, 15) is 4.79 Å². The largest absolute Gasteiger partial charge is 0.335 e. The molecule has 88 valence electrons. The van der Waals surface area contributed by atoms with E-state index in [1.54, 1.807) is 12.5 Å². The number of hydrogen-bond acceptors (Lipinski definition) is 3. The van der Waals surface area contributed by atoms with Crippen LogP contribution in [0.5, 0.6) is 0 Å². The summed E-state index contributed by atoms with van der Waals surface area (Å²) < 4.78 is 1.82. The zero-order valence-electron chi connectivity index (χ0n) is 9.76. The van der Waals surface area contributed by atoms with Crippen LogP contribution in [0.25, 0.3) is 0 Å². The minimum Gasteiger partial charge on any atom is -0.335 e. The topological polar surface area (TPSA) is 60.9 Å². The summed E-state index contributed by atoms with van der Waals surface area (Å²) in [5, 5.41) is 0. The maximum Gasteiger partial charge on any atom is 0.212 e. The van der Waals surface area contributed by atoms with Crippen molar-refractivity contribution >= 4 is 5.78 Å². The standard InChI is InChI=1S/C13H15N3O/c1-10-2-4-11(5-3-10)13(17)12-8-16(7-6-14)9-15-12/h2-5,8-9H,6-7,14H2,1H3. The molecule has 4 heteroatoms. The summed E-state index contributed by atoms with van der Waals surface area (Å²) in [6.45, 7) is 3.20. The van der Waals surface area contributed by atoms with Gasteiger partial charge in [-0.2, -0.15) is 0 Å². The molecule has 1 aromatic heterocycles. The number of aryl methyl sites for hydroxylation is 1. The van der Waals surface area contributed by atoms with Gasteiger partial charge in [-0.1, -0.05) is 29.8 Å². The fourth-order valence-electron chi connectivity index (χ4n) is 1.60. The van der Waals surface area contributed by atoms with Gasteiger partial charge in [0.15, 0.2) is 0 Å². The van der Waals surface area contributed by atoms with Crippen molar-refractivity contribution in [3.8, 4) is 0 Å². The Morgan fingerprint density at radius 1 is 1.35 bits per heavy atom. The van der Waals surface area contributed by atoms with E-state index >= 15 is 0 Å². The Balaban J connectivity index is 2.21. The van der Waals surface area contributed by atoms with Crippen LogP contribution in [0.15, 0.2) is 36.8 Å². The number of carbonyl (C=O) groups excluding carboxylic acids is 1. The van der Waals surface area contributed by atoms with Gasteiger partial charge in [0, 0.05) is 24.8 Å². The molecule has 1 heterocycles.